The van der Waals surface area contributed by atoms with E-state index in [1.807, 2.05) is 28.7 Å². The van der Waals surface area contributed by atoms with Crippen molar-refractivity contribution in [3.63, 3.8) is 0 Å². The molecular weight excluding hydrogens is 390 g/mol. The van der Waals surface area contributed by atoms with Crippen LogP contribution in [0, 0.1) is 0 Å². The summed E-state index contributed by atoms with van der Waals surface area (Å²) in [7, 11) is -0.814. The lowest BCUT2D eigenvalue weighted by molar-refractivity contribution is 0.414. The maximum atomic E-state index is 13.3. The SMILES string of the molecule is COc1ccc(S(=O)(=O)N(C)c2nc3ccccc3n3c(C4CC4)nnc23)cc1. The molecule has 0 spiro atoms. The van der Waals surface area contributed by atoms with Crippen LogP contribution in [0.2, 0.25) is 0 Å². The number of hydrogen-bond donors (Lipinski definition) is 0. The summed E-state index contributed by atoms with van der Waals surface area (Å²) in [6, 6.07) is 13.9. The van der Waals surface area contributed by atoms with Crippen molar-refractivity contribution in [2.75, 3.05) is 18.5 Å². The zero-order valence-corrected chi connectivity index (χ0v) is 16.8. The van der Waals surface area contributed by atoms with Gasteiger partial charge in [0, 0.05) is 13.0 Å². The van der Waals surface area contributed by atoms with Gasteiger partial charge in [-0.1, -0.05) is 12.1 Å². The molecule has 8 nitrogen and oxygen atoms in total. The summed E-state index contributed by atoms with van der Waals surface area (Å²) in [6.07, 6.45) is 2.12. The molecule has 1 aliphatic carbocycles. The summed E-state index contributed by atoms with van der Waals surface area (Å²) >= 11 is 0. The van der Waals surface area contributed by atoms with Gasteiger partial charge in [-0.3, -0.25) is 4.40 Å². The first kappa shape index (κ1) is 17.9. The van der Waals surface area contributed by atoms with Crippen LogP contribution in [0.5, 0.6) is 5.75 Å². The Hall–Kier alpha value is -3.20. The highest BCUT2D eigenvalue weighted by Crippen LogP contribution is 2.40. The van der Waals surface area contributed by atoms with Crippen molar-refractivity contribution in [1.82, 2.24) is 19.6 Å². The zero-order valence-electron chi connectivity index (χ0n) is 16.0. The molecule has 9 heteroatoms. The fourth-order valence-corrected chi connectivity index (χ4v) is 4.57. The van der Waals surface area contributed by atoms with Gasteiger partial charge in [-0.05, 0) is 49.2 Å². The topological polar surface area (TPSA) is 89.7 Å². The molecule has 2 aromatic carbocycles. The van der Waals surface area contributed by atoms with Gasteiger partial charge in [-0.2, -0.15) is 0 Å². The Kier molecular flexibility index (Phi) is 3.95. The number of fused-ring (bicyclic) bond motifs is 3. The Labute approximate surface area is 167 Å². The van der Waals surface area contributed by atoms with Crippen molar-refractivity contribution in [3.8, 4) is 5.75 Å². The summed E-state index contributed by atoms with van der Waals surface area (Å²) in [4.78, 5) is 4.77. The van der Waals surface area contributed by atoms with E-state index in [1.54, 1.807) is 12.1 Å². The summed E-state index contributed by atoms with van der Waals surface area (Å²) in [5.41, 5.74) is 1.99. The van der Waals surface area contributed by atoms with Crippen LogP contribution in [-0.4, -0.2) is 42.2 Å². The van der Waals surface area contributed by atoms with Gasteiger partial charge in [0.15, 0.2) is 5.82 Å². The monoisotopic (exact) mass is 409 g/mol. The first-order valence-corrected chi connectivity index (χ1v) is 10.7. The third-order valence-electron chi connectivity index (χ3n) is 5.20. The minimum atomic E-state index is -3.84. The van der Waals surface area contributed by atoms with Crippen molar-refractivity contribution >= 4 is 32.5 Å². The normalized spacial score (nSPS) is 14.4. The molecule has 0 amide bonds. The molecule has 0 atom stereocenters. The standard InChI is InChI=1S/C20H19N5O3S/c1-24(29(26,27)15-11-9-14(28-2)10-12-15)19-20-23-22-18(13-7-8-13)25(20)17-6-4-3-5-16(17)21-19/h3-6,9-13H,7-8H2,1-2H3. The number of hydrogen-bond acceptors (Lipinski definition) is 6. The van der Waals surface area contributed by atoms with E-state index in [4.69, 9.17) is 4.74 Å². The van der Waals surface area contributed by atoms with Crippen LogP contribution in [0.4, 0.5) is 5.82 Å². The van der Waals surface area contributed by atoms with Crippen molar-refractivity contribution < 1.29 is 13.2 Å². The molecule has 29 heavy (non-hydrogen) atoms. The molecule has 0 unspecified atom stereocenters. The average molecular weight is 409 g/mol. The molecule has 148 valence electrons. The van der Waals surface area contributed by atoms with Crippen LogP contribution in [-0.2, 0) is 10.0 Å². The molecule has 0 saturated heterocycles. The Bertz CT molecular complexity index is 1330. The molecule has 2 aromatic heterocycles. The molecule has 1 saturated carbocycles. The van der Waals surface area contributed by atoms with Crippen molar-refractivity contribution in [3.05, 3.63) is 54.4 Å². The number of rotatable bonds is 5. The van der Waals surface area contributed by atoms with Gasteiger partial charge >= 0.3 is 0 Å². The van der Waals surface area contributed by atoms with E-state index >= 15 is 0 Å². The van der Waals surface area contributed by atoms with E-state index < -0.39 is 10.0 Å². The number of ether oxygens (including phenoxy) is 1. The minimum absolute atomic E-state index is 0.149. The first-order chi connectivity index (χ1) is 14.0. The lowest BCUT2D eigenvalue weighted by Gasteiger charge is -2.20. The quantitative estimate of drug-likeness (QED) is 0.503. The molecule has 0 aliphatic heterocycles. The second kappa shape index (κ2) is 6.41. The second-order valence-electron chi connectivity index (χ2n) is 7.06. The van der Waals surface area contributed by atoms with Crippen LogP contribution >= 0.6 is 0 Å². The summed E-state index contributed by atoms with van der Waals surface area (Å²) < 4.78 is 34.7. The number of nitrogens with zero attached hydrogens (tertiary/aromatic N) is 5. The number of benzene rings is 2. The molecule has 1 fully saturated rings. The summed E-state index contributed by atoms with van der Waals surface area (Å²) in [5, 5.41) is 8.67. The zero-order chi connectivity index (χ0) is 20.2. The third-order valence-corrected chi connectivity index (χ3v) is 6.96. The minimum Gasteiger partial charge on any atom is -0.497 e. The molecule has 0 radical (unpaired) electrons. The molecule has 2 heterocycles. The van der Waals surface area contributed by atoms with Crippen molar-refractivity contribution in [2.24, 2.45) is 0 Å². The molecule has 0 bridgehead atoms. The summed E-state index contributed by atoms with van der Waals surface area (Å²) in [6.45, 7) is 0. The van der Waals surface area contributed by atoms with Crippen LogP contribution in [0.15, 0.2) is 53.4 Å². The first-order valence-electron chi connectivity index (χ1n) is 9.27. The highest BCUT2D eigenvalue weighted by Gasteiger charge is 2.32. The van der Waals surface area contributed by atoms with Gasteiger partial charge in [-0.15, -0.1) is 10.2 Å². The number of aromatic nitrogens is 4. The smallest absolute Gasteiger partial charge is 0.265 e. The Morgan fingerprint density at radius 3 is 2.48 bits per heavy atom. The highest BCUT2D eigenvalue weighted by atomic mass is 32.2. The lowest BCUT2D eigenvalue weighted by atomic mass is 10.3. The highest BCUT2D eigenvalue weighted by molar-refractivity contribution is 7.92. The van der Waals surface area contributed by atoms with E-state index in [0.29, 0.717) is 22.8 Å². The van der Waals surface area contributed by atoms with E-state index in [1.165, 1.54) is 30.6 Å². The largest absolute Gasteiger partial charge is 0.497 e. The predicted octanol–water partition coefficient (Wildman–Crippen LogP) is 2.99. The van der Waals surface area contributed by atoms with Gasteiger partial charge in [0.05, 0.1) is 23.0 Å². The second-order valence-corrected chi connectivity index (χ2v) is 9.03. The van der Waals surface area contributed by atoms with Gasteiger partial charge in [0.1, 0.15) is 11.6 Å². The van der Waals surface area contributed by atoms with Crippen LogP contribution in [0.1, 0.15) is 24.6 Å². The Balaban J connectivity index is 1.70. The van der Waals surface area contributed by atoms with Crippen molar-refractivity contribution in [2.45, 2.75) is 23.7 Å². The molecule has 1 aliphatic rings. The van der Waals surface area contributed by atoms with Crippen LogP contribution in [0.3, 0.4) is 0 Å². The van der Waals surface area contributed by atoms with Crippen LogP contribution < -0.4 is 9.04 Å². The van der Waals surface area contributed by atoms with E-state index in [-0.39, 0.29) is 10.7 Å². The van der Waals surface area contributed by atoms with E-state index in [2.05, 4.69) is 15.2 Å². The maximum Gasteiger partial charge on any atom is 0.265 e. The maximum absolute atomic E-state index is 13.3. The molecule has 5 rings (SSSR count). The Morgan fingerprint density at radius 1 is 1.07 bits per heavy atom. The third kappa shape index (κ3) is 2.80. The number of methoxy groups -OCH3 is 1. The fourth-order valence-electron chi connectivity index (χ4n) is 3.43. The average Bonchev–Trinajstić information content (AvgIpc) is 3.50. The number of para-hydroxylation sites is 2. The van der Waals surface area contributed by atoms with Crippen molar-refractivity contribution in [1.29, 1.82) is 0 Å². The fraction of sp³-hybridized carbons (Fsp3) is 0.250. The lowest BCUT2D eigenvalue weighted by Crippen LogP contribution is -2.28. The number of anilines is 1. The molecule has 4 aromatic rings. The summed E-state index contributed by atoms with van der Waals surface area (Å²) in [5.74, 6) is 2.05. The number of sulfonamides is 1. The Morgan fingerprint density at radius 2 is 1.79 bits per heavy atom. The van der Waals surface area contributed by atoms with Gasteiger partial charge in [-0.25, -0.2) is 17.7 Å². The molecular formula is C20H19N5O3S. The van der Waals surface area contributed by atoms with Gasteiger partial charge in [0.2, 0.25) is 5.65 Å². The molecule has 0 N–H and O–H groups in total. The van der Waals surface area contributed by atoms with E-state index in [9.17, 15) is 8.42 Å². The predicted molar refractivity (Wildman–Crippen MR) is 109 cm³/mol. The van der Waals surface area contributed by atoms with Gasteiger partial charge in [0.25, 0.3) is 10.0 Å². The van der Waals surface area contributed by atoms with Crippen LogP contribution in [0.25, 0.3) is 16.7 Å². The van der Waals surface area contributed by atoms with Gasteiger partial charge < -0.3 is 4.74 Å². The van der Waals surface area contributed by atoms with E-state index in [0.717, 1.165) is 24.2 Å².